The Balaban J connectivity index is 2.07. The number of hydrogen-bond donors (Lipinski definition) is 2. The molecule has 6 heteroatoms. The molecule has 0 saturated heterocycles. The van der Waals surface area contributed by atoms with Crippen LogP contribution >= 0.6 is 0 Å². The molecule has 1 saturated carbocycles. The Morgan fingerprint density at radius 1 is 1.31 bits per heavy atom. The summed E-state index contributed by atoms with van der Waals surface area (Å²) in [4.78, 5) is 12.6. The highest BCUT2D eigenvalue weighted by atomic mass is 32.2. The summed E-state index contributed by atoms with van der Waals surface area (Å²) in [6.07, 6.45) is 5.23. The van der Waals surface area contributed by atoms with Crippen LogP contribution in [-0.4, -0.2) is 20.9 Å². The summed E-state index contributed by atoms with van der Waals surface area (Å²) in [6.45, 7) is 6.55. The summed E-state index contributed by atoms with van der Waals surface area (Å²) in [5, 5.41) is 0. The fourth-order valence-corrected chi connectivity index (χ4v) is 6.38. The maximum absolute atomic E-state index is 12.6. The van der Waals surface area contributed by atoms with Crippen LogP contribution in [0.4, 0.5) is 0 Å². The third kappa shape index (κ3) is 2.97. The van der Waals surface area contributed by atoms with Crippen LogP contribution in [0.3, 0.4) is 0 Å². The molecule has 144 valence electrons. The summed E-state index contributed by atoms with van der Waals surface area (Å²) in [7, 11) is -3.51. The second kappa shape index (κ2) is 6.64. The molecule has 0 bridgehead atoms. The van der Waals surface area contributed by atoms with E-state index in [1.807, 2.05) is 26.0 Å². The van der Waals surface area contributed by atoms with E-state index in [9.17, 15) is 13.2 Å². The zero-order valence-corrected chi connectivity index (χ0v) is 16.8. The number of carbonyl (C=O) groups is 1. The van der Waals surface area contributed by atoms with Crippen molar-refractivity contribution in [3.05, 3.63) is 29.3 Å². The number of benzene rings is 1. The van der Waals surface area contributed by atoms with Gasteiger partial charge in [-0.25, -0.2) is 13.1 Å². The number of fused-ring (bicyclic) bond motifs is 3. The molecule has 1 amide bonds. The van der Waals surface area contributed by atoms with E-state index in [2.05, 4.69) is 11.6 Å². The van der Waals surface area contributed by atoms with E-state index in [4.69, 9.17) is 5.73 Å². The number of rotatable bonds is 5. The molecule has 0 aliphatic heterocycles. The van der Waals surface area contributed by atoms with E-state index < -0.39 is 15.4 Å². The van der Waals surface area contributed by atoms with Crippen molar-refractivity contribution >= 4 is 15.9 Å². The van der Waals surface area contributed by atoms with Crippen molar-refractivity contribution < 1.29 is 13.2 Å². The number of primary amides is 1. The van der Waals surface area contributed by atoms with Gasteiger partial charge in [-0.15, -0.1) is 0 Å². The molecule has 3 N–H and O–H groups in total. The fourth-order valence-electron chi connectivity index (χ4n) is 5.22. The van der Waals surface area contributed by atoms with E-state index in [-0.39, 0.29) is 17.2 Å². The predicted octanol–water partition coefficient (Wildman–Crippen LogP) is 2.87. The maximum Gasteiger partial charge on any atom is 0.240 e. The topological polar surface area (TPSA) is 89.3 Å². The van der Waals surface area contributed by atoms with Crippen molar-refractivity contribution in [2.45, 2.75) is 69.6 Å². The van der Waals surface area contributed by atoms with Gasteiger partial charge in [0, 0.05) is 12.0 Å². The van der Waals surface area contributed by atoms with Gasteiger partial charge in [0.2, 0.25) is 15.9 Å². The van der Waals surface area contributed by atoms with Gasteiger partial charge in [0.15, 0.2) is 0 Å². The zero-order valence-electron chi connectivity index (χ0n) is 16.0. The van der Waals surface area contributed by atoms with Crippen LogP contribution in [-0.2, 0) is 26.7 Å². The third-order valence-electron chi connectivity index (χ3n) is 6.74. The molecule has 0 radical (unpaired) electrons. The minimum Gasteiger partial charge on any atom is -0.369 e. The lowest BCUT2D eigenvalue weighted by atomic mass is 9.49. The van der Waals surface area contributed by atoms with E-state index in [1.165, 1.54) is 5.56 Å². The Morgan fingerprint density at radius 3 is 2.69 bits per heavy atom. The smallest absolute Gasteiger partial charge is 0.240 e. The molecule has 1 aromatic rings. The largest absolute Gasteiger partial charge is 0.369 e. The van der Waals surface area contributed by atoms with Gasteiger partial charge in [-0.3, -0.25) is 4.79 Å². The van der Waals surface area contributed by atoms with E-state index in [0.29, 0.717) is 11.4 Å². The summed E-state index contributed by atoms with van der Waals surface area (Å²) < 4.78 is 27.8. The SMILES string of the molecule is CCCNS(=O)(=O)c1ccc2c(c1)C1(C)CCCC(C)(C(N)=O)C1CC2. The molecule has 5 nitrogen and oxygen atoms in total. The van der Waals surface area contributed by atoms with Crippen molar-refractivity contribution in [1.82, 2.24) is 4.72 Å². The summed E-state index contributed by atoms with van der Waals surface area (Å²) in [6, 6.07) is 5.50. The quantitative estimate of drug-likeness (QED) is 0.825. The van der Waals surface area contributed by atoms with E-state index in [1.54, 1.807) is 6.07 Å². The second-order valence-electron chi connectivity index (χ2n) is 8.36. The van der Waals surface area contributed by atoms with Crippen LogP contribution < -0.4 is 10.5 Å². The summed E-state index contributed by atoms with van der Waals surface area (Å²) in [5.41, 5.74) is 7.34. The molecular formula is C20H30N2O3S. The Kier molecular flexibility index (Phi) is 4.95. The molecule has 2 aliphatic carbocycles. The van der Waals surface area contributed by atoms with Gasteiger partial charge in [0.1, 0.15) is 0 Å². The molecule has 26 heavy (non-hydrogen) atoms. The highest BCUT2D eigenvalue weighted by Gasteiger charge is 2.54. The number of hydrogen-bond acceptors (Lipinski definition) is 3. The van der Waals surface area contributed by atoms with Crippen LogP contribution in [0.2, 0.25) is 0 Å². The Morgan fingerprint density at radius 2 is 2.04 bits per heavy atom. The van der Waals surface area contributed by atoms with E-state index in [0.717, 1.165) is 44.1 Å². The Hall–Kier alpha value is -1.40. The van der Waals surface area contributed by atoms with E-state index >= 15 is 0 Å². The van der Waals surface area contributed by atoms with Crippen molar-refractivity contribution in [3.8, 4) is 0 Å². The molecule has 3 atom stereocenters. The van der Waals surface area contributed by atoms with Crippen LogP contribution in [0.15, 0.2) is 23.1 Å². The lowest BCUT2D eigenvalue weighted by Gasteiger charge is -2.54. The minimum absolute atomic E-state index is 0.148. The normalized spacial score (nSPS) is 31.1. The first-order valence-electron chi connectivity index (χ1n) is 9.58. The second-order valence-corrected chi connectivity index (χ2v) is 10.1. The van der Waals surface area contributed by atoms with Crippen molar-refractivity contribution in [3.63, 3.8) is 0 Å². The Labute approximate surface area is 156 Å². The van der Waals surface area contributed by atoms with Gasteiger partial charge in [-0.2, -0.15) is 0 Å². The molecule has 3 unspecified atom stereocenters. The lowest BCUT2D eigenvalue weighted by Crippen LogP contribution is -2.54. The maximum atomic E-state index is 12.6. The van der Waals surface area contributed by atoms with Gasteiger partial charge in [0.25, 0.3) is 0 Å². The number of sulfonamides is 1. The first kappa shape index (κ1) is 19.4. The average Bonchev–Trinajstić information content (AvgIpc) is 2.59. The number of carbonyl (C=O) groups excluding carboxylic acids is 1. The molecule has 3 rings (SSSR count). The first-order valence-corrected chi connectivity index (χ1v) is 11.1. The number of nitrogens with one attached hydrogen (secondary N) is 1. The van der Waals surface area contributed by atoms with Crippen molar-refractivity contribution in [2.75, 3.05) is 6.54 Å². The van der Waals surface area contributed by atoms with Crippen molar-refractivity contribution in [1.29, 1.82) is 0 Å². The van der Waals surface area contributed by atoms with Crippen LogP contribution in [0.1, 0.15) is 64.0 Å². The van der Waals surface area contributed by atoms with Gasteiger partial charge < -0.3 is 5.73 Å². The van der Waals surface area contributed by atoms with Crippen LogP contribution in [0, 0.1) is 11.3 Å². The number of amides is 1. The molecule has 0 spiro atoms. The highest BCUT2D eigenvalue weighted by molar-refractivity contribution is 7.89. The van der Waals surface area contributed by atoms with Gasteiger partial charge in [-0.05, 0) is 66.7 Å². The first-order chi connectivity index (χ1) is 12.1. The fraction of sp³-hybridized carbons (Fsp3) is 0.650. The Bertz CT molecular complexity index is 820. The number of aryl methyl sites for hydroxylation is 1. The molecule has 0 aromatic heterocycles. The standard InChI is InChI=1S/C20H30N2O3S/c1-4-12-22-26(24,25)15-8-6-14-7-9-17-19(2,16(14)13-15)10-5-11-20(17,3)18(21)23/h6,8,13,17,22H,4-5,7,9-12H2,1-3H3,(H2,21,23). The van der Waals surface area contributed by atoms with Crippen molar-refractivity contribution in [2.24, 2.45) is 17.1 Å². The molecule has 0 heterocycles. The molecule has 1 fully saturated rings. The van der Waals surface area contributed by atoms with Gasteiger partial charge in [-0.1, -0.05) is 33.3 Å². The van der Waals surface area contributed by atoms with Crippen LogP contribution in [0.25, 0.3) is 0 Å². The van der Waals surface area contributed by atoms with Gasteiger partial charge in [0.05, 0.1) is 4.90 Å². The van der Waals surface area contributed by atoms with Crippen LogP contribution in [0.5, 0.6) is 0 Å². The van der Waals surface area contributed by atoms with Gasteiger partial charge >= 0.3 is 0 Å². The summed E-state index contributed by atoms with van der Waals surface area (Å²) in [5.74, 6) is -0.0828. The monoisotopic (exact) mass is 378 g/mol. The third-order valence-corrected chi connectivity index (χ3v) is 8.20. The average molecular weight is 379 g/mol. The predicted molar refractivity (Wildman–Crippen MR) is 102 cm³/mol. The molecule has 2 aliphatic rings. The zero-order chi connectivity index (χ0) is 19.2. The lowest BCUT2D eigenvalue weighted by molar-refractivity contribution is -0.135. The molecular weight excluding hydrogens is 348 g/mol. The summed E-state index contributed by atoms with van der Waals surface area (Å²) >= 11 is 0. The number of nitrogens with two attached hydrogens (primary N) is 1. The minimum atomic E-state index is -3.51. The molecule has 1 aromatic carbocycles. The highest BCUT2D eigenvalue weighted by Crippen LogP contribution is 2.57.